The highest BCUT2D eigenvalue weighted by Crippen LogP contribution is 2.26. The van der Waals surface area contributed by atoms with Crippen LogP contribution in [0.1, 0.15) is 12.8 Å². The molecule has 1 N–H and O–H groups in total. The summed E-state index contributed by atoms with van der Waals surface area (Å²) in [4.78, 5) is 31.3. The average molecular weight is 239 g/mol. The number of hydrogen-bond donors (Lipinski definition) is 1. The van der Waals surface area contributed by atoms with Crippen molar-refractivity contribution in [2.24, 2.45) is 0 Å². The lowest BCUT2D eigenvalue weighted by Crippen LogP contribution is -2.11. The van der Waals surface area contributed by atoms with Crippen LogP contribution in [0.5, 0.6) is 5.75 Å². The summed E-state index contributed by atoms with van der Waals surface area (Å²) in [5, 5.41) is 18.9. The first-order chi connectivity index (χ1) is 8.00. The molecule has 17 heavy (non-hydrogen) atoms. The van der Waals surface area contributed by atoms with Crippen molar-refractivity contribution in [3.05, 3.63) is 34.4 Å². The lowest BCUT2D eigenvalue weighted by Gasteiger charge is -2.03. The summed E-state index contributed by atoms with van der Waals surface area (Å²) in [6.07, 6.45) is -0.707. The highest BCUT2D eigenvalue weighted by Gasteiger charge is 2.17. The molecule has 0 saturated carbocycles. The number of aliphatic carboxylic acids is 1. The first-order valence-electron chi connectivity index (χ1n) is 4.66. The highest BCUT2D eigenvalue weighted by atomic mass is 16.6. The van der Waals surface area contributed by atoms with Gasteiger partial charge in [0.15, 0.2) is 0 Å². The number of hydrogen-bond acceptors (Lipinski definition) is 5. The number of para-hydroxylation sites is 2. The van der Waals surface area contributed by atoms with Crippen LogP contribution in [0.3, 0.4) is 0 Å². The maximum atomic E-state index is 11.2. The zero-order valence-electron chi connectivity index (χ0n) is 8.66. The van der Waals surface area contributed by atoms with Crippen molar-refractivity contribution in [1.29, 1.82) is 0 Å². The van der Waals surface area contributed by atoms with E-state index in [2.05, 4.69) is 0 Å². The third-order valence-corrected chi connectivity index (χ3v) is 1.83. The molecule has 0 aliphatic heterocycles. The molecule has 0 aliphatic carbocycles. The number of carboxylic acids is 1. The number of ether oxygens (including phenoxy) is 1. The van der Waals surface area contributed by atoms with E-state index in [1.165, 1.54) is 24.3 Å². The zero-order chi connectivity index (χ0) is 12.8. The fourth-order valence-corrected chi connectivity index (χ4v) is 1.08. The molecule has 7 heteroatoms. The molecule has 90 valence electrons. The predicted molar refractivity (Wildman–Crippen MR) is 55.6 cm³/mol. The minimum atomic E-state index is -1.13. The number of nitrogens with zero attached hydrogens (tertiary/aromatic N) is 1. The number of nitro benzene ring substituents is 1. The smallest absolute Gasteiger partial charge is 0.312 e. The van der Waals surface area contributed by atoms with E-state index in [0.717, 1.165) is 0 Å². The third-order valence-electron chi connectivity index (χ3n) is 1.83. The minimum Gasteiger partial charge on any atom is -0.481 e. The molecular formula is C10H9NO6. The van der Waals surface area contributed by atoms with Crippen LogP contribution in [0.4, 0.5) is 5.69 Å². The number of rotatable bonds is 5. The van der Waals surface area contributed by atoms with Crippen molar-refractivity contribution < 1.29 is 24.4 Å². The van der Waals surface area contributed by atoms with E-state index in [4.69, 9.17) is 9.84 Å². The summed E-state index contributed by atoms with van der Waals surface area (Å²) in [7, 11) is 0. The van der Waals surface area contributed by atoms with E-state index in [1.54, 1.807) is 0 Å². The monoisotopic (exact) mass is 239 g/mol. The van der Waals surface area contributed by atoms with Gasteiger partial charge >= 0.3 is 17.6 Å². The van der Waals surface area contributed by atoms with Crippen LogP contribution in [0.25, 0.3) is 0 Å². The van der Waals surface area contributed by atoms with Crippen molar-refractivity contribution >= 4 is 17.6 Å². The standard InChI is InChI=1S/C10H9NO6/c12-9(13)5-6-10(14)17-8-4-2-1-3-7(8)11(15)16/h1-4H,5-6H2,(H,12,13). The number of benzene rings is 1. The third kappa shape index (κ3) is 3.90. The van der Waals surface area contributed by atoms with Crippen LogP contribution in [-0.2, 0) is 9.59 Å². The second-order valence-corrected chi connectivity index (χ2v) is 3.09. The summed E-state index contributed by atoms with van der Waals surface area (Å²) in [5.74, 6) is -2.14. The summed E-state index contributed by atoms with van der Waals surface area (Å²) < 4.78 is 4.71. The Morgan fingerprint density at radius 3 is 2.53 bits per heavy atom. The van der Waals surface area contributed by atoms with Gasteiger partial charge in [0.2, 0.25) is 5.75 Å². The largest absolute Gasteiger partial charge is 0.481 e. The van der Waals surface area contributed by atoms with Gasteiger partial charge in [-0.3, -0.25) is 19.7 Å². The van der Waals surface area contributed by atoms with E-state index >= 15 is 0 Å². The van der Waals surface area contributed by atoms with Crippen LogP contribution in [0.15, 0.2) is 24.3 Å². The number of nitro groups is 1. The van der Waals surface area contributed by atoms with Gasteiger partial charge in [0.25, 0.3) is 0 Å². The number of carbonyl (C=O) groups is 2. The van der Waals surface area contributed by atoms with E-state index in [-0.39, 0.29) is 24.3 Å². The molecular weight excluding hydrogens is 230 g/mol. The Morgan fingerprint density at radius 1 is 1.29 bits per heavy atom. The summed E-state index contributed by atoms with van der Waals surface area (Å²) in [6.45, 7) is 0. The Balaban J connectivity index is 2.71. The maximum Gasteiger partial charge on any atom is 0.312 e. The van der Waals surface area contributed by atoms with Crippen LogP contribution >= 0.6 is 0 Å². The topological polar surface area (TPSA) is 107 Å². The molecule has 0 saturated heterocycles. The van der Waals surface area contributed by atoms with Crippen molar-refractivity contribution in [1.82, 2.24) is 0 Å². The minimum absolute atomic E-state index is 0.187. The van der Waals surface area contributed by atoms with Crippen LogP contribution < -0.4 is 4.74 Å². The van der Waals surface area contributed by atoms with E-state index in [9.17, 15) is 19.7 Å². The predicted octanol–water partition coefficient (Wildman–Crippen LogP) is 1.36. The SMILES string of the molecule is O=C(O)CCC(=O)Oc1ccccc1[N+](=O)[O-]. The summed E-state index contributed by atoms with van der Waals surface area (Å²) in [6, 6.07) is 5.39. The Bertz CT molecular complexity index is 456. The first-order valence-corrected chi connectivity index (χ1v) is 4.66. The van der Waals surface area contributed by atoms with Crippen LogP contribution in [0, 0.1) is 10.1 Å². The molecule has 0 bridgehead atoms. The van der Waals surface area contributed by atoms with Crippen molar-refractivity contribution in [3.8, 4) is 5.75 Å². The maximum absolute atomic E-state index is 11.2. The molecule has 0 amide bonds. The molecule has 1 aromatic rings. The molecule has 0 unspecified atom stereocenters. The van der Waals surface area contributed by atoms with Gasteiger partial charge in [-0.1, -0.05) is 12.1 Å². The molecule has 0 aliphatic rings. The second kappa shape index (κ2) is 5.59. The lowest BCUT2D eigenvalue weighted by atomic mass is 10.3. The van der Waals surface area contributed by atoms with Crippen LogP contribution in [-0.4, -0.2) is 22.0 Å². The zero-order valence-corrected chi connectivity index (χ0v) is 8.66. The average Bonchev–Trinajstić information content (AvgIpc) is 2.27. The molecule has 0 heterocycles. The molecule has 1 aromatic carbocycles. The van der Waals surface area contributed by atoms with Gasteiger partial charge in [-0.2, -0.15) is 0 Å². The number of esters is 1. The van der Waals surface area contributed by atoms with Crippen molar-refractivity contribution in [2.75, 3.05) is 0 Å². The summed E-state index contributed by atoms with van der Waals surface area (Å²) >= 11 is 0. The Labute approximate surface area is 95.8 Å². The fraction of sp³-hybridized carbons (Fsp3) is 0.200. The Morgan fingerprint density at radius 2 is 1.94 bits per heavy atom. The first kappa shape index (κ1) is 12.6. The summed E-state index contributed by atoms with van der Waals surface area (Å²) in [5.41, 5.74) is -0.337. The van der Waals surface area contributed by atoms with Crippen molar-refractivity contribution in [3.63, 3.8) is 0 Å². The van der Waals surface area contributed by atoms with Gasteiger partial charge in [0.1, 0.15) is 0 Å². The molecule has 1 rings (SSSR count). The second-order valence-electron chi connectivity index (χ2n) is 3.09. The van der Waals surface area contributed by atoms with Gasteiger partial charge in [0, 0.05) is 6.07 Å². The van der Waals surface area contributed by atoms with Gasteiger partial charge in [0.05, 0.1) is 17.8 Å². The Kier molecular flexibility index (Phi) is 4.15. The molecule has 0 fully saturated rings. The van der Waals surface area contributed by atoms with Crippen molar-refractivity contribution in [2.45, 2.75) is 12.8 Å². The number of carbonyl (C=O) groups excluding carboxylic acids is 1. The number of carboxylic acid groups (broad SMARTS) is 1. The molecule has 0 atom stereocenters. The van der Waals surface area contributed by atoms with Crippen LogP contribution in [0.2, 0.25) is 0 Å². The Hall–Kier alpha value is -2.44. The highest BCUT2D eigenvalue weighted by molar-refractivity contribution is 5.78. The normalized spacial score (nSPS) is 9.65. The molecule has 0 aromatic heterocycles. The van der Waals surface area contributed by atoms with E-state index < -0.39 is 16.9 Å². The van der Waals surface area contributed by atoms with Gasteiger partial charge < -0.3 is 9.84 Å². The lowest BCUT2D eigenvalue weighted by molar-refractivity contribution is -0.385. The van der Waals surface area contributed by atoms with E-state index in [0.29, 0.717) is 0 Å². The van der Waals surface area contributed by atoms with Gasteiger partial charge in [-0.15, -0.1) is 0 Å². The van der Waals surface area contributed by atoms with Gasteiger partial charge in [-0.05, 0) is 6.07 Å². The molecule has 7 nitrogen and oxygen atoms in total. The quantitative estimate of drug-likeness (QED) is 0.360. The van der Waals surface area contributed by atoms with Gasteiger partial charge in [-0.25, -0.2) is 0 Å². The van der Waals surface area contributed by atoms with E-state index in [1.807, 2.05) is 0 Å². The fourth-order valence-electron chi connectivity index (χ4n) is 1.08. The molecule has 0 spiro atoms. The molecule has 0 radical (unpaired) electrons.